The van der Waals surface area contributed by atoms with E-state index in [0.29, 0.717) is 0 Å². The van der Waals surface area contributed by atoms with Gasteiger partial charge in [-0.05, 0) is 26.7 Å². The third-order valence-electron chi connectivity index (χ3n) is 1.52. The zero-order chi connectivity index (χ0) is 9.23. The van der Waals surface area contributed by atoms with Crippen LogP contribution in [-0.2, 0) is 0 Å². The number of hydrogen-bond acceptors (Lipinski definition) is 4. The lowest BCUT2D eigenvalue weighted by molar-refractivity contribution is 0.314. The van der Waals surface area contributed by atoms with Crippen LogP contribution in [0.4, 0.5) is 0 Å². The van der Waals surface area contributed by atoms with Crippen molar-refractivity contribution < 1.29 is 0 Å². The average molecular weight is 172 g/mol. The highest BCUT2D eigenvalue weighted by Gasteiger charge is 1.94. The number of rotatable bonds is 8. The highest BCUT2D eigenvalue weighted by Crippen LogP contribution is 1.82. The van der Waals surface area contributed by atoms with E-state index in [4.69, 9.17) is 0 Å². The average Bonchev–Trinajstić information content (AvgIpc) is 2.09. The molecule has 0 saturated carbocycles. The monoisotopic (exact) mass is 172 g/mol. The Balaban J connectivity index is 3.07. The minimum Gasteiger partial charge on any atom is -0.379 e. The van der Waals surface area contributed by atoms with Crippen LogP contribution in [0.25, 0.3) is 0 Å². The molecule has 0 fully saturated rings. The third kappa shape index (κ3) is 7.53. The predicted octanol–water partition coefficient (Wildman–Crippen LogP) is -0.277. The molecule has 0 unspecified atom stereocenters. The topological polar surface area (TPSA) is 39.3 Å². The molecule has 0 amide bonds. The van der Waals surface area contributed by atoms with Crippen LogP contribution in [0.3, 0.4) is 0 Å². The maximum atomic E-state index is 3.58. The summed E-state index contributed by atoms with van der Waals surface area (Å²) in [6.45, 7) is 6.52. The van der Waals surface area contributed by atoms with E-state index in [-0.39, 0.29) is 0 Å². The maximum Gasteiger partial charge on any atom is 0.0670 e. The quantitative estimate of drug-likeness (QED) is 0.268. The second-order valence-electron chi connectivity index (χ2n) is 2.68. The SMILES string of the molecule is C=CNCN(C)CCCNNC. The van der Waals surface area contributed by atoms with Crippen LogP contribution in [0.15, 0.2) is 12.8 Å². The zero-order valence-corrected chi connectivity index (χ0v) is 8.06. The molecule has 0 bridgehead atoms. The van der Waals surface area contributed by atoms with E-state index in [1.807, 2.05) is 7.05 Å². The van der Waals surface area contributed by atoms with Gasteiger partial charge in [0.1, 0.15) is 0 Å². The lowest BCUT2D eigenvalue weighted by atomic mass is 10.4. The van der Waals surface area contributed by atoms with E-state index < -0.39 is 0 Å². The molecule has 0 aliphatic rings. The van der Waals surface area contributed by atoms with Crippen molar-refractivity contribution in [1.82, 2.24) is 21.1 Å². The van der Waals surface area contributed by atoms with Gasteiger partial charge in [-0.15, -0.1) is 0 Å². The Morgan fingerprint density at radius 3 is 2.83 bits per heavy atom. The van der Waals surface area contributed by atoms with Gasteiger partial charge in [-0.3, -0.25) is 15.8 Å². The Hall–Kier alpha value is -0.580. The van der Waals surface area contributed by atoms with Crippen molar-refractivity contribution >= 4 is 0 Å². The van der Waals surface area contributed by atoms with E-state index in [1.165, 1.54) is 0 Å². The molecule has 72 valence electrons. The van der Waals surface area contributed by atoms with Crippen LogP contribution >= 0.6 is 0 Å². The molecule has 0 rings (SSSR count). The standard InChI is InChI=1S/C8H20N4/c1-4-10-8-12(3)7-5-6-11-9-2/h4,9-11H,1,5-8H2,2-3H3. The number of nitrogens with one attached hydrogen (secondary N) is 3. The van der Waals surface area contributed by atoms with E-state index in [0.717, 1.165) is 26.2 Å². The first kappa shape index (κ1) is 11.4. The van der Waals surface area contributed by atoms with Gasteiger partial charge in [-0.1, -0.05) is 6.58 Å². The first-order valence-corrected chi connectivity index (χ1v) is 4.23. The normalized spacial score (nSPS) is 10.2. The van der Waals surface area contributed by atoms with Crippen LogP contribution in [0, 0.1) is 0 Å². The molecule has 0 aromatic carbocycles. The minimum atomic E-state index is 0.864. The molecule has 0 spiro atoms. The summed E-state index contributed by atoms with van der Waals surface area (Å²) in [5.41, 5.74) is 5.93. The summed E-state index contributed by atoms with van der Waals surface area (Å²) in [6.07, 6.45) is 2.85. The van der Waals surface area contributed by atoms with Crippen molar-refractivity contribution in [1.29, 1.82) is 0 Å². The summed E-state index contributed by atoms with van der Waals surface area (Å²) in [7, 11) is 3.96. The Morgan fingerprint density at radius 1 is 1.50 bits per heavy atom. The smallest absolute Gasteiger partial charge is 0.0670 e. The highest BCUT2D eigenvalue weighted by atomic mass is 15.3. The number of hydrazine groups is 1. The molecule has 12 heavy (non-hydrogen) atoms. The van der Waals surface area contributed by atoms with Gasteiger partial charge in [0.05, 0.1) is 6.67 Å². The summed E-state index contributed by atoms with van der Waals surface area (Å²) in [4.78, 5) is 2.21. The van der Waals surface area contributed by atoms with Crippen molar-refractivity contribution in [3.05, 3.63) is 12.8 Å². The first-order chi connectivity index (χ1) is 5.81. The van der Waals surface area contributed by atoms with Crippen molar-refractivity contribution in [2.75, 3.05) is 33.9 Å². The molecule has 0 saturated heterocycles. The fraction of sp³-hybridized carbons (Fsp3) is 0.750. The summed E-state index contributed by atoms with van der Waals surface area (Å²) >= 11 is 0. The second-order valence-corrected chi connectivity index (χ2v) is 2.68. The molecule has 0 heterocycles. The molecule has 0 radical (unpaired) electrons. The molecule has 4 heteroatoms. The van der Waals surface area contributed by atoms with Crippen molar-refractivity contribution in [2.24, 2.45) is 0 Å². The third-order valence-corrected chi connectivity index (χ3v) is 1.52. The predicted molar refractivity (Wildman–Crippen MR) is 52.5 cm³/mol. The fourth-order valence-corrected chi connectivity index (χ4v) is 0.862. The second kappa shape index (κ2) is 8.52. The van der Waals surface area contributed by atoms with Crippen LogP contribution in [0.2, 0.25) is 0 Å². The van der Waals surface area contributed by atoms with Crippen molar-refractivity contribution in [3.63, 3.8) is 0 Å². The molecule has 0 atom stereocenters. The van der Waals surface area contributed by atoms with Gasteiger partial charge < -0.3 is 5.32 Å². The Morgan fingerprint density at radius 2 is 2.25 bits per heavy atom. The minimum absolute atomic E-state index is 0.864. The first-order valence-electron chi connectivity index (χ1n) is 4.23. The summed E-state index contributed by atoms with van der Waals surface area (Å²) < 4.78 is 0. The molecule has 4 nitrogen and oxygen atoms in total. The molecule has 0 aromatic heterocycles. The van der Waals surface area contributed by atoms with E-state index in [1.54, 1.807) is 6.20 Å². The lowest BCUT2D eigenvalue weighted by Gasteiger charge is -2.15. The summed E-state index contributed by atoms with van der Waals surface area (Å²) in [5.74, 6) is 0. The van der Waals surface area contributed by atoms with Gasteiger partial charge in [0.2, 0.25) is 0 Å². The molecule has 3 N–H and O–H groups in total. The molecule has 0 aliphatic carbocycles. The van der Waals surface area contributed by atoms with E-state index in [2.05, 4.69) is 34.7 Å². The molecular weight excluding hydrogens is 152 g/mol. The maximum absolute atomic E-state index is 3.58. The largest absolute Gasteiger partial charge is 0.379 e. The van der Waals surface area contributed by atoms with E-state index in [9.17, 15) is 0 Å². The van der Waals surface area contributed by atoms with Crippen LogP contribution in [-0.4, -0.2) is 38.8 Å². The molecule has 0 aliphatic heterocycles. The fourth-order valence-electron chi connectivity index (χ4n) is 0.862. The molecule has 0 aromatic rings. The van der Waals surface area contributed by atoms with Gasteiger partial charge in [0, 0.05) is 13.1 Å². The van der Waals surface area contributed by atoms with Crippen LogP contribution in [0.5, 0.6) is 0 Å². The highest BCUT2D eigenvalue weighted by molar-refractivity contribution is 4.62. The van der Waals surface area contributed by atoms with E-state index >= 15 is 0 Å². The van der Waals surface area contributed by atoms with Crippen molar-refractivity contribution in [3.8, 4) is 0 Å². The van der Waals surface area contributed by atoms with Gasteiger partial charge in [-0.2, -0.15) is 0 Å². The van der Waals surface area contributed by atoms with Gasteiger partial charge in [0.25, 0.3) is 0 Å². The number of nitrogens with zero attached hydrogens (tertiary/aromatic N) is 1. The Bertz CT molecular complexity index is 105. The summed E-state index contributed by atoms with van der Waals surface area (Å²) in [5, 5.41) is 3.04. The Labute approximate surface area is 75.0 Å². The zero-order valence-electron chi connectivity index (χ0n) is 8.06. The van der Waals surface area contributed by atoms with Gasteiger partial charge in [-0.25, -0.2) is 0 Å². The lowest BCUT2D eigenvalue weighted by Crippen LogP contribution is -2.33. The van der Waals surface area contributed by atoms with Gasteiger partial charge in [0.15, 0.2) is 0 Å². The summed E-state index contributed by atoms with van der Waals surface area (Å²) in [6, 6.07) is 0. The van der Waals surface area contributed by atoms with Crippen LogP contribution < -0.4 is 16.2 Å². The number of hydrogen-bond donors (Lipinski definition) is 3. The molecular formula is C8H20N4. The van der Waals surface area contributed by atoms with Crippen LogP contribution in [0.1, 0.15) is 6.42 Å². The Kier molecular flexibility index (Phi) is 8.10. The van der Waals surface area contributed by atoms with Gasteiger partial charge >= 0.3 is 0 Å². The van der Waals surface area contributed by atoms with Crippen molar-refractivity contribution in [2.45, 2.75) is 6.42 Å².